The molecule has 0 spiro atoms. The highest BCUT2D eigenvalue weighted by molar-refractivity contribution is 5.98. The van der Waals surface area contributed by atoms with Gasteiger partial charge in [0, 0.05) is 29.9 Å². The van der Waals surface area contributed by atoms with E-state index in [0.29, 0.717) is 29.9 Å². The number of carbonyl (C=O) groups excluding carboxylic acids is 3. The molecule has 0 radical (unpaired) electrons. The van der Waals surface area contributed by atoms with E-state index in [1.165, 1.54) is 0 Å². The van der Waals surface area contributed by atoms with Crippen LogP contribution in [0.5, 0.6) is 0 Å². The molecule has 6 nitrogen and oxygen atoms in total. The van der Waals surface area contributed by atoms with Crippen LogP contribution in [0.25, 0.3) is 0 Å². The third-order valence-corrected chi connectivity index (χ3v) is 5.38. The average Bonchev–Trinajstić information content (AvgIpc) is 2.85. The first-order valence-corrected chi connectivity index (χ1v) is 11.1. The number of anilines is 1. The molecule has 6 heteroatoms. The Balaban J connectivity index is 1.73. The van der Waals surface area contributed by atoms with Gasteiger partial charge in [0.25, 0.3) is 11.8 Å². The number of nitrogens with one attached hydrogen (secondary N) is 2. The minimum atomic E-state index is -0.501. The number of nitrogens with zero attached hydrogens (tertiary/aromatic N) is 1. The first kappa shape index (κ1) is 23.7. The maximum absolute atomic E-state index is 12.9. The first-order valence-electron chi connectivity index (χ1n) is 11.1. The lowest BCUT2D eigenvalue weighted by molar-refractivity contribution is -0.116. The summed E-state index contributed by atoms with van der Waals surface area (Å²) in [7, 11) is 0. The van der Waals surface area contributed by atoms with E-state index >= 15 is 0 Å². The summed E-state index contributed by atoms with van der Waals surface area (Å²) < 4.78 is 0. The largest absolute Gasteiger partial charge is 0.345 e. The zero-order valence-corrected chi connectivity index (χ0v) is 19.0. The van der Waals surface area contributed by atoms with Crippen LogP contribution in [0.4, 0.5) is 5.69 Å². The molecule has 3 aromatic carbocycles. The van der Waals surface area contributed by atoms with Crippen LogP contribution in [0.15, 0.2) is 84.9 Å². The molecule has 0 saturated carbocycles. The standard InChI is InChI=1S/C27H29N3O3/c1-3-30(4-2)27(33)22-16-11-17-23(18-22)28-25(31)19-24(20-12-7-5-8-13-20)29-26(32)21-14-9-6-10-15-21/h5-18,24H,3-4,19H2,1-2H3,(H,28,31)(H,29,32). The minimum absolute atomic E-state index is 0.0524. The van der Waals surface area contributed by atoms with Crippen molar-refractivity contribution in [3.05, 3.63) is 102 Å². The van der Waals surface area contributed by atoms with E-state index in [9.17, 15) is 14.4 Å². The molecule has 3 rings (SSSR count). The Morgan fingerprint density at radius 2 is 1.39 bits per heavy atom. The topological polar surface area (TPSA) is 78.5 Å². The average molecular weight is 444 g/mol. The van der Waals surface area contributed by atoms with E-state index in [0.717, 1.165) is 5.56 Å². The molecule has 0 aliphatic rings. The van der Waals surface area contributed by atoms with Crippen molar-refractivity contribution in [3.8, 4) is 0 Å². The summed E-state index contributed by atoms with van der Waals surface area (Å²) in [4.78, 5) is 40.0. The summed E-state index contributed by atoms with van der Waals surface area (Å²) in [5.74, 6) is -0.581. The lowest BCUT2D eigenvalue weighted by atomic mass is 10.0. The highest BCUT2D eigenvalue weighted by Gasteiger charge is 2.20. The van der Waals surface area contributed by atoms with E-state index in [-0.39, 0.29) is 24.1 Å². The summed E-state index contributed by atoms with van der Waals surface area (Å²) in [6, 6.07) is 24.7. The van der Waals surface area contributed by atoms with Crippen LogP contribution in [0, 0.1) is 0 Å². The molecule has 2 N–H and O–H groups in total. The molecule has 0 aromatic heterocycles. The smallest absolute Gasteiger partial charge is 0.253 e. The Labute approximate surface area is 194 Å². The quantitative estimate of drug-likeness (QED) is 0.505. The van der Waals surface area contributed by atoms with Gasteiger partial charge in [-0.2, -0.15) is 0 Å². The zero-order valence-electron chi connectivity index (χ0n) is 19.0. The molecule has 0 aliphatic heterocycles. The predicted octanol–water partition coefficient (Wildman–Crippen LogP) is 4.67. The van der Waals surface area contributed by atoms with Crippen LogP contribution in [0.2, 0.25) is 0 Å². The molecule has 0 aliphatic carbocycles. The number of benzene rings is 3. The van der Waals surface area contributed by atoms with Crippen LogP contribution < -0.4 is 10.6 Å². The predicted molar refractivity (Wildman–Crippen MR) is 130 cm³/mol. The van der Waals surface area contributed by atoms with Crippen molar-refractivity contribution >= 4 is 23.4 Å². The van der Waals surface area contributed by atoms with Gasteiger partial charge in [-0.3, -0.25) is 14.4 Å². The molecule has 170 valence electrons. The van der Waals surface area contributed by atoms with Gasteiger partial charge >= 0.3 is 0 Å². The van der Waals surface area contributed by atoms with E-state index in [2.05, 4.69) is 10.6 Å². The summed E-state index contributed by atoms with van der Waals surface area (Å²) >= 11 is 0. The van der Waals surface area contributed by atoms with E-state index < -0.39 is 6.04 Å². The first-order chi connectivity index (χ1) is 16.0. The van der Waals surface area contributed by atoms with E-state index in [4.69, 9.17) is 0 Å². The minimum Gasteiger partial charge on any atom is -0.345 e. The number of hydrogen-bond donors (Lipinski definition) is 2. The highest BCUT2D eigenvalue weighted by Crippen LogP contribution is 2.20. The third-order valence-electron chi connectivity index (χ3n) is 5.38. The number of hydrogen-bond acceptors (Lipinski definition) is 3. The van der Waals surface area contributed by atoms with Gasteiger partial charge in [-0.05, 0) is 49.7 Å². The fraction of sp³-hybridized carbons (Fsp3) is 0.222. The molecule has 33 heavy (non-hydrogen) atoms. The molecular formula is C27H29N3O3. The number of carbonyl (C=O) groups is 3. The monoisotopic (exact) mass is 443 g/mol. The van der Waals surface area contributed by atoms with Crippen LogP contribution in [0.3, 0.4) is 0 Å². The Morgan fingerprint density at radius 3 is 2.03 bits per heavy atom. The van der Waals surface area contributed by atoms with Gasteiger partial charge in [-0.1, -0.05) is 54.6 Å². The Kier molecular flexibility index (Phi) is 8.36. The van der Waals surface area contributed by atoms with Crippen LogP contribution in [-0.2, 0) is 4.79 Å². The molecule has 1 unspecified atom stereocenters. The fourth-order valence-corrected chi connectivity index (χ4v) is 3.59. The Hall–Kier alpha value is -3.93. The van der Waals surface area contributed by atoms with Crippen molar-refractivity contribution in [2.45, 2.75) is 26.3 Å². The second-order valence-electron chi connectivity index (χ2n) is 7.61. The molecule has 0 saturated heterocycles. The molecule has 1 atom stereocenters. The maximum Gasteiger partial charge on any atom is 0.253 e. The molecular weight excluding hydrogens is 414 g/mol. The lowest BCUT2D eigenvalue weighted by Gasteiger charge is -2.20. The summed E-state index contributed by atoms with van der Waals surface area (Å²) in [5, 5.41) is 5.83. The fourth-order valence-electron chi connectivity index (χ4n) is 3.59. The number of rotatable bonds is 9. The molecule has 0 bridgehead atoms. The van der Waals surface area contributed by atoms with Gasteiger partial charge in [0.2, 0.25) is 5.91 Å². The summed E-state index contributed by atoms with van der Waals surface area (Å²) in [6.45, 7) is 5.10. The second kappa shape index (κ2) is 11.6. The van der Waals surface area contributed by atoms with E-state index in [1.54, 1.807) is 53.4 Å². The highest BCUT2D eigenvalue weighted by atomic mass is 16.2. The molecule has 3 amide bonds. The normalized spacial score (nSPS) is 11.3. The summed E-state index contributed by atoms with van der Waals surface area (Å²) in [6.07, 6.45) is 0.0524. The van der Waals surface area contributed by atoms with Crippen molar-refractivity contribution in [2.24, 2.45) is 0 Å². The van der Waals surface area contributed by atoms with Gasteiger partial charge in [-0.15, -0.1) is 0 Å². The van der Waals surface area contributed by atoms with Crippen molar-refractivity contribution in [1.29, 1.82) is 0 Å². The van der Waals surface area contributed by atoms with Crippen molar-refractivity contribution < 1.29 is 14.4 Å². The van der Waals surface area contributed by atoms with Crippen LogP contribution in [0.1, 0.15) is 52.6 Å². The van der Waals surface area contributed by atoms with E-state index in [1.807, 2.05) is 50.2 Å². The van der Waals surface area contributed by atoms with Gasteiger partial charge in [-0.25, -0.2) is 0 Å². The maximum atomic E-state index is 12.9. The SMILES string of the molecule is CCN(CC)C(=O)c1cccc(NC(=O)CC(NC(=O)c2ccccc2)c2ccccc2)c1. The van der Waals surface area contributed by atoms with Crippen LogP contribution in [-0.4, -0.2) is 35.7 Å². The summed E-state index contributed by atoms with van der Waals surface area (Å²) in [5.41, 5.74) is 2.43. The van der Waals surface area contributed by atoms with Crippen molar-refractivity contribution in [2.75, 3.05) is 18.4 Å². The Bertz CT molecular complexity index is 1080. The van der Waals surface area contributed by atoms with Crippen molar-refractivity contribution in [1.82, 2.24) is 10.2 Å². The van der Waals surface area contributed by atoms with Crippen LogP contribution >= 0.6 is 0 Å². The van der Waals surface area contributed by atoms with Gasteiger partial charge in [0.05, 0.1) is 12.5 Å². The lowest BCUT2D eigenvalue weighted by Crippen LogP contribution is -2.31. The Morgan fingerprint density at radius 1 is 0.788 bits per heavy atom. The molecule has 0 heterocycles. The van der Waals surface area contributed by atoms with Gasteiger partial charge < -0.3 is 15.5 Å². The molecule has 0 fully saturated rings. The van der Waals surface area contributed by atoms with Gasteiger partial charge in [0.15, 0.2) is 0 Å². The third kappa shape index (κ3) is 6.53. The van der Waals surface area contributed by atoms with Crippen molar-refractivity contribution in [3.63, 3.8) is 0 Å². The number of amides is 3. The zero-order chi connectivity index (χ0) is 23.6. The molecule has 3 aromatic rings. The van der Waals surface area contributed by atoms with Gasteiger partial charge in [0.1, 0.15) is 0 Å². The second-order valence-corrected chi connectivity index (χ2v) is 7.61.